The van der Waals surface area contributed by atoms with Crippen LogP contribution in [0.2, 0.25) is 0 Å². The van der Waals surface area contributed by atoms with Crippen molar-refractivity contribution in [2.24, 2.45) is 0 Å². The van der Waals surface area contributed by atoms with E-state index >= 15 is 0 Å². The standard InChI is InChI=1S/C28H30N6/c1-19-13-21(3)27(22(4)14-19)33-11-9-31(17-33)25-7-8-26(30-29-25)32-10-12-34(18-32)28-23(5)15-20(2)16-24(28)6/h7-18H,1-6H3/q+2. The van der Waals surface area contributed by atoms with E-state index in [9.17, 15) is 0 Å². The van der Waals surface area contributed by atoms with E-state index in [4.69, 9.17) is 0 Å². The lowest BCUT2D eigenvalue weighted by atomic mass is 10.1. The Hall–Kier alpha value is -4.06. The molecule has 0 unspecified atom stereocenters. The highest BCUT2D eigenvalue weighted by Gasteiger charge is 2.18. The third-order valence-corrected chi connectivity index (χ3v) is 6.23. The van der Waals surface area contributed by atoms with Gasteiger partial charge in [0.15, 0.2) is 12.7 Å². The average molecular weight is 451 g/mol. The first kappa shape index (κ1) is 21.8. The molecule has 3 aromatic heterocycles. The monoisotopic (exact) mass is 450 g/mol. The molecule has 6 nitrogen and oxygen atoms in total. The van der Waals surface area contributed by atoms with Gasteiger partial charge in [0.05, 0.1) is 22.6 Å². The van der Waals surface area contributed by atoms with E-state index in [1.54, 1.807) is 0 Å². The van der Waals surface area contributed by atoms with Crippen molar-refractivity contribution >= 4 is 0 Å². The number of aryl methyl sites for hydroxylation is 6. The first-order valence-corrected chi connectivity index (χ1v) is 11.5. The minimum absolute atomic E-state index is 0.773. The number of aromatic nitrogens is 6. The molecule has 0 aliphatic rings. The average Bonchev–Trinajstić information content (AvgIpc) is 3.43. The molecule has 34 heavy (non-hydrogen) atoms. The Morgan fingerprint density at radius 2 is 0.912 bits per heavy atom. The molecule has 0 aliphatic heterocycles. The molecule has 0 aliphatic carbocycles. The van der Waals surface area contributed by atoms with Gasteiger partial charge >= 0.3 is 11.6 Å². The van der Waals surface area contributed by atoms with Crippen molar-refractivity contribution < 1.29 is 9.13 Å². The fourth-order valence-corrected chi connectivity index (χ4v) is 5.00. The number of nitrogens with zero attached hydrogens (tertiary/aromatic N) is 6. The van der Waals surface area contributed by atoms with Crippen molar-refractivity contribution in [3.63, 3.8) is 0 Å². The molecule has 0 bridgehead atoms. The first-order valence-electron chi connectivity index (χ1n) is 11.5. The predicted molar refractivity (Wildman–Crippen MR) is 132 cm³/mol. The van der Waals surface area contributed by atoms with Crippen molar-refractivity contribution in [3.8, 4) is 23.0 Å². The molecule has 0 radical (unpaired) electrons. The number of rotatable bonds is 4. The predicted octanol–water partition coefficient (Wildman–Crippen LogP) is 4.46. The summed E-state index contributed by atoms with van der Waals surface area (Å²) in [7, 11) is 0. The highest BCUT2D eigenvalue weighted by molar-refractivity contribution is 5.49. The van der Waals surface area contributed by atoms with Crippen LogP contribution in [0.5, 0.6) is 0 Å². The van der Waals surface area contributed by atoms with E-state index in [1.807, 2.05) is 46.3 Å². The van der Waals surface area contributed by atoms with Gasteiger partial charge in [-0.1, -0.05) is 35.4 Å². The summed E-state index contributed by atoms with van der Waals surface area (Å²) in [6.45, 7) is 12.9. The molecule has 2 aromatic carbocycles. The fraction of sp³-hybridized carbons (Fsp3) is 0.214. The van der Waals surface area contributed by atoms with Crippen molar-refractivity contribution in [1.29, 1.82) is 0 Å². The van der Waals surface area contributed by atoms with Gasteiger partial charge in [0.2, 0.25) is 0 Å². The molecule has 0 fully saturated rings. The molecule has 0 atom stereocenters. The van der Waals surface area contributed by atoms with Gasteiger partial charge < -0.3 is 0 Å². The number of hydrogen-bond donors (Lipinski definition) is 0. The van der Waals surface area contributed by atoms with Crippen LogP contribution in [0.3, 0.4) is 0 Å². The van der Waals surface area contributed by atoms with E-state index in [0.717, 1.165) is 11.6 Å². The van der Waals surface area contributed by atoms with E-state index < -0.39 is 0 Å². The maximum absolute atomic E-state index is 4.49. The van der Waals surface area contributed by atoms with E-state index in [1.165, 1.54) is 44.8 Å². The molecule has 5 aromatic rings. The summed E-state index contributed by atoms with van der Waals surface area (Å²) >= 11 is 0. The molecule has 5 rings (SSSR count). The summed E-state index contributed by atoms with van der Waals surface area (Å²) in [6.07, 6.45) is 12.2. The SMILES string of the molecule is Cc1cc(C)c(-n2cc[n+](-c3ccc(-[n+]4ccn(-c5c(C)cc(C)cc5C)c4)nn3)c2)c(C)c1. The Kier molecular flexibility index (Phi) is 5.36. The van der Waals surface area contributed by atoms with Crippen LogP contribution in [0, 0.1) is 41.5 Å². The lowest BCUT2D eigenvalue weighted by Crippen LogP contribution is -2.33. The summed E-state index contributed by atoms with van der Waals surface area (Å²) in [5.41, 5.74) is 9.96. The highest BCUT2D eigenvalue weighted by atomic mass is 15.3. The summed E-state index contributed by atoms with van der Waals surface area (Å²) in [6, 6.07) is 12.8. The summed E-state index contributed by atoms with van der Waals surface area (Å²) in [4.78, 5) is 0. The van der Waals surface area contributed by atoms with Gasteiger partial charge in [-0.3, -0.25) is 0 Å². The van der Waals surface area contributed by atoms with Crippen LogP contribution >= 0.6 is 0 Å². The smallest absolute Gasteiger partial charge is 0.236 e. The normalized spacial score (nSPS) is 11.2. The van der Waals surface area contributed by atoms with Crippen LogP contribution in [0.25, 0.3) is 23.0 Å². The topological polar surface area (TPSA) is 43.4 Å². The Morgan fingerprint density at radius 1 is 0.559 bits per heavy atom. The minimum atomic E-state index is 0.773. The Bertz CT molecular complexity index is 1340. The number of imidazole rings is 2. The zero-order valence-corrected chi connectivity index (χ0v) is 20.6. The summed E-state index contributed by atoms with van der Waals surface area (Å²) < 4.78 is 8.26. The van der Waals surface area contributed by atoms with E-state index in [0.29, 0.717) is 0 Å². The molecule has 6 heteroatoms. The second kappa shape index (κ2) is 8.37. The second-order valence-corrected chi connectivity index (χ2v) is 9.20. The third-order valence-electron chi connectivity index (χ3n) is 6.23. The van der Waals surface area contributed by atoms with E-state index in [2.05, 4.69) is 97.5 Å². The largest absolute Gasteiger partial charge is 0.310 e. The van der Waals surface area contributed by atoms with Gasteiger partial charge in [0.25, 0.3) is 0 Å². The van der Waals surface area contributed by atoms with Gasteiger partial charge in [0, 0.05) is 12.1 Å². The van der Waals surface area contributed by atoms with Crippen molar-refractivity contribution in [3.05, 3.63) is 107 Å². The zero-order chi connectivity index (χ0) is 24.0. The maximum atomic E-state index is 4.49. The molecule has 170 valence electrons. The molecular weight excluding hydrogens is 420 g/mol. The molecule has 0 saturated heterocycles. The number of hydrogen-bond acceptors (Lipinski definition) is 2. The summed E-state index contributed by atoms with van der Waals surface area (Å²) in [5, 5.41) is 8.98. The lowest BCUT2D eigenvalue weighted by molar-refractivity contribution is -0.605. The quantitative estimate of drug-likeness (QED) is 0.380. The van der Waals surface area contributed by atoms with Crippen LogP contribution in [-0.2, 0) is 0 Å². The second-order valence-electron chi connectivity index (χ2n) is 9.20. The molecule has 0 spiro atoms. The first-order chi connectivity index (χ1) is 16.3. The fourth-order valence-electron chi connectivity index (χ4n) is 5.00. The van der Waals surface area contributed by atoms with Crippen LogP contribution in [0.15, 0.2) is 73.8 Å². The Balaban J connectivity index is 1.42. The van der Waals surface area contributed by atoms with Crippen LogP contribution in [-0.4, -0.2) is 19.3 Å². The molecule has 0 amide bonds. The van der Waals surface area contributed by atoms with E-state index in [-0.39, 0.29) is 0 Å². The van der Waals surface area contributed by atoms with Gasteiger partial charge in [-0.25, -0.2) is 18.3 Å². The lowest BCUT2D eigenvalue weighted by Gasteiger charge is -2.08. The highest BCUT2D eigenvalue weighted by Crippen LogP contribution is 2.21. The zero-order valence-electron chi connectivity index (χ0n) is 20.6. The van der Waals surface area contributed by atoms with Crippen LogP contribution < -0.4 is 9.13 Å². The van der Waals surface area contributed by atoms with Crippen LogP contribution in [0.4, 0.5) is 0 Å². The molecule has 0 saturated carbocycles. The van der Waals surface area contributed by atoms with Gasteiger partial charge in [-0.2, -0.15) is 0 Å². The van der Waals surface area contributed by atoms with Gasteiger partial charge in [-0.05, 0) is 63.8 Å². The van der Waals surface area contributed by atoms with Crippen molar-refractivity contribution in [1.82, 2.24) is 19.3 Å². The van der Waals surface area contributed by atoms with Crippen molar-refractivity contribution in [2.75, 3.05) is 0 Å². The maximum Gasteiger partial charge on any atom is 0.310 e. The minimum Gasteiger partial charge on any atom is -0.236 e. The molecule has 0 N–H and O–H groups in total. The van der Waals surface area contributed by atoms with Gasteiger partial charge in [0.1, 0.15) is 23.8 Å². The number of benzene rings is 2. The summed E-state index contributed by atoms with van der Waals surface area (Å²) in [5.74, 6) is 1.55. The molecular formula is C28H30N6+2. The Morgan fingerprint density at radius 3 is 1.24 bits per heavy atom. The van der Waals surface area contributed by atoms with Crippen LogP contribution in [0.1, 0.15) is 33.4 Å². The van der Waals surface area contributed by atoms with Crippen molar-refractivity contribution in [2.45, 2.75) is 41.5 Å². The third kappa shape index (κ3) is 3.92. The Labute approximate surface area is 200 Å². The molecule has 3 heterocycles. The van der Waals surface area contributed by atoms with Gasteiger partial charge in [-0.15, -0.1) is 0 Å².